The topological polar surface area (TPSA) is 47.3 Å². The predicted molar refractivity (Wildman–Crippen MR) is 106 cm³/mol. The summed E-state index contributed by atoms with van der Waals surface area (Å²) in [6, 6.07) is 16.2. The molecule has 3 nitrogen and oxygen atoms in total. The van der Waals surface area contributed by atoms with E-state index in [1.807, 2.05) is 25.1 Å². The van der Waals surface area contributed by atoms with Crippen molar-refractivity contribution in [3.63, 3.8) is 0 Å². The van der Waals surface area contributed by atoms with Crippen LogP contribution in [0, 0.1) is 0 Å². The summed E-state index contributed by atoms with van der Waals surface area (Å²) in [5, 5.41) is 0.634. The third kappa shape index (κ3) is 3.62. The van der Waals surface area contributed by atoms with Crippen LogP contribution in [0.5, 0.6) is 0 Å². The first-order chi connectivity index (χ1) is 12.3. The van der Waals surface area contributed by atoms with Crippen LogP contribution >= 0.6 is 11.6 Å². The van der Waals surface area contributed by atoms with Gasteiger partial charge in [0.1, 0.15) is 11.5 Å². The molecule has 0 bridgehead atoms. The van der Waals surface area contributed by atoms with Gasteiger partial charge in [0.2, 0.25) is 0 Å². The van der Waals surface area contributed by atoms with Crippen molar-refractivity contribution >= 4 is 21.4 Å². The van der Waals surface area contributed by atoms with Gasteiger partial charge in [0.05, 0.1) is 4.90 Å². The highest BCUT2D eigenvalue weighted by Crippen LogP contribution is 2.40. The minimum Gasteiger partial charge on any atom is -0.460 e. The zero-order valence-corrected chi connectivity index (χ0v) is 16.1. The Morgan fingerprint density at radius 2 is 1.73 bits per heavy atom. The Morgan fingerprint density at radius 3 is 2.35 bits per heavy atom. The van der Waals surface area contributed by atoms with E-state index >= 15 is 0 Å². The van der Waals surface area contributed by atoms with Gasteiger partial charge in [-0.3, -0.25) is 0 Å². The molecule has 0 aliphatic rings. The van der Waals surface area contributed by atoms with Gasteiger partial charge in [0.25, 0.3) is 0 Å². The van der Waals surface area contributed by atoms with Crippen LogP contribution in [0.1, 0.15) is 18.6 Å². The fourth-order valence-corrected chi connectivity index (χ4v) is 3.78. The number of sulfone groups is 1. The van der Waals surface area contributed by atoms with Gasteiger partial charge in [-0.15, -0.1) is 6.58 Å². The van der Waals surface area contributed by atoms with Gasteiger partial charge in [-0.05, 0) is 35.9 Å². The molecule has 134 valence electrons. The quantitative estimate of drug-likeness (QED) is 0.508. The molecule has 0 aliphatic heterocycles. The Morgan fingerprint density at radius 1 is 1.08 bits per heavy atom. The molecule has 1 atom stereocenters. The molecule has 0 amide bonds. The van der Waals surface area contributed by atoms with Gasteiger partial charge < -0.3 is 4.42 Å². The summed E-state index contributed by atoms with van der Waals surface area (Å²) >= 11 is 6.00. The first kappa shape index (κ1) is 18.5. The minimum absolute atomic E-state index is 0.000182. The molecule has 0 radical (unpaired) electrons. The SMILES string of the molecule is C=CC(C)c1cc(-c2ccc(Cl)cc2)c(-c2ccccc2S(C)(=O)=O)o1. The van der Waals surface area contributed by atoms with E-state index in [0.717, 1.165) is 16.9 Å². The summed E-state index contributed by atoms with van der Waals surface area (Å²) in [4.78, 5) is 0.238. The maximum absolute atomic E-state index is 12.2. The Labute approximate surface area is 158 Å². The van der Waals surface area contributed by atoms with Gasteiger partial charge in [0, 0.05) is 28.3 Å². The highest BCUT2D eigenvalue weighted by molar-refractivity contribution is 7.90. The van der Waals surface area contributed by atoms with Crippen LogP contribution in [0.15, 0.2) is 76.6 Å². The largest absolute Gasteiger partial charge is 0.460 e. The number of allylic oxidation sites excluding steroid dienone is 1. The van der Waals surface area contributed by atoms with Crippen molar-refractivity contribution in [3.8, 4) is 22.5 Å². The van der Waals surface area contributed by atoms with Crippen molar-refractivity contribution in [1.29, 1.82) is 0 Å². The summed E-state index contributed by atoms with van der Waals surface area (Å²) in [5.41, 5.74) is 2.27. The molecule has 0 aliphatic carbocycles. The third-order valence-electron chi connectivity index (χ3n) is 4.24. The first-order valence-electron chi connectivity index (χ1n) is 8.13. The summed E-state index contributed by atoms with van der Waals surface area (Å²) < 4.78 is 30.6. The van der Waals surface area contributed by atoms with Crippen LogP contribution in [0.4, 0.5) is 0 Å². The molecule has 5 heteroatoms. The van der Waals surface area contributed by atoms with Crippen molar-refractivity contribution in [3.05, 3.63) is 78.0 Å². The van der Waals surface area contributed by atoms with Crippen molar-refractivity contribution in [1.82, 2.24) is 0 Å². The molecule has 3 aromatic rings. The van der Waals surface area contributed by atoms with Crippen LogP contribution < -0.4 is 0 Å². The van der Waals surface area contributed by atoms with Crippen LogP contribution in [0.25, 0.3) is 22.5 Å². The molecule has 1 aromatic heterocycles. The predicted octanol–water partition coefficient (Wildman–Crippen LogP) is 5.96. The molecule has 0 saturated carbocycles. The zero-order valence-electron chi connectivity index (χ0n) is 14.6. The summed E-state index contributed by atoms with van der Waals surface area (Å²) in [6.45, 7) is 5.79. The average molecular weight is 387 g/mol. The summed E-state index contributed by atoms with van der Waals surface area (Å²) in [6.07, 6.45) is 2.99. The van der Waals surface area contributed by atoms with E-state index in [0.29, 0.717) is 16.3 Å². The standard InChI is InChI=1S/C21H19ClO3S/c1-4-14(2)19-13-18(15-9-11-16(22)12-10-15)21(25-19)17-7-5-6-8-20(17)26(3,23)24/h4-14H,1H2,2-3H3. The lowest BCUT2D eigenvalue weighted by molar-refractivity contribution is 0.511. The Kier molecular flexibility index (Phi) is 5.08. The molecule has 1 heterocycles. The summed E-state index contributed by atoms with van der Waals surface area (Å²) in [7, 11) is -3.41. The lowest BCUT2D eigenvalue weighted by atomic mass is 10.0. The number of hydrogen-bond donors (Lipinski definition) is 0. The Balaban J connectivity index is 2.29. The first-order valence-corrected chi connectivity index (χ1v) is 10.4. The lowest BCUT2D eigenvalue weighted by Gasteiger charge is -2.08. The van der Waals surface area contributed by atoms with E-state index in [9.17, 15) is 8.42 Å². The van der Waals surface area contributed by atoms with Gasteiger partial charge >= 0.3 is 0 Å². The number of hydrogen-bond acceptors (Lipinski definition) is 3. The van der Waals surface area contributed by atoms with Crippen LogP contribution in [0.3, 0.4) is 0 Å². The molecule has 0 N–H and O–H groups in total. The molecule has 1 unspecified atom stereocenters. The van der Waals surface area contributed by atoms with Crippen molar-refractivity contribution < 1.29 is 12.8 Å². The lowest BCUT2D eigenvalue weighted by Crippen LogP contribution is -1.99. The molecular weight excluding hydrogens is 368 g/mol. The third-order valence-corrected chi connectivity index (χ3v) is 5.65. The smallest absolute Gasteiger partial charge is 0.176 e. The summed E-state index contributed by atoms with van der Waals surface area (Å²) in [5.74, 6) is 1.25. The van der Waals surface area contributed by atoms with Crippen molar-refractivity contribution in [2.24, 2.45) is 0 Å². The maximum Gasteiger partial charge on any atom is 0.176 e. The van der Waals surface area contributed by atoms with Crippen LogP contribution in [-0.4, -0.2) is 14.7 Å². The molecule has 0 saturated heterocycles. The van der Waals surface area contributed by atoms with Crippen LogP contribution in [-0.2, 0) is 9.84 Å². The van der Waals surface area contributed by atoms with Gasteiger partial charge in [-0.2, -0.15) is 0 Å². The highest BCUT2D eigenvalue weighted by Gasteiger charge is 2.22. The fourth-order valence-electron chi connectivity index (χ4n) is 2.77. The Bertz CT molecular complexity index is 1050. The average Bonchev–Trinajstić information content (AvgIpc) is 3.06. The van der Waals surface area contributed by atoms with E-state index in [1.165, 1.54) is 6.26 Å². The number of furan rings is 1. The number of halogens is 1. The van der Waals surface area contributed by atoms with E-state index in [1.54, 1.807) is 42.5 Å². The second-order valence-electron chi connectivity index (χ2n) is 6.19. The second kappa shape index (κ2) is 7.14. The molecule has 0 spiro atoms. The van der Waals surface area contributed by atoms with E-state index in [2.05, 4.69) is 6.58 Å². The molecule has 0 fully saturated rings. The number of rotatable bonds is 5. The van der Waals surface area contributed by atoms with E-state index in [4.69, 9.17) is 16.0 Å². The second-order valence-corrected chi connectivity index (χ2v) is 8.61. The zero-order chi connectivity index (χ0) is 18.9. The normalized spacial score (nSPS) is 12.7. The van der Waals surface area contributed by atoms with Gasteiger partial charge in [-0.1, -0.05) is 48.9 Å². The molecule has 26 heavy (non-hydrogen) atoms. The Hall–Kier alpha value is -2.30. The van der Waals surface area contributed by atoms with E-state index in [-0.39, 0.29) is 10.8 Å². The van der Waals surface area contributed by atoms with Crippen LogP contribution in [0.2, 0.25) is 5.02 Å². The molecule has 2 aromatic carbocycles. The monoisotopic (exact) mass is 386 g/mol. The van der Waals surface area contributed by atoms with Gasteiger partial charge in [-0.25, -0.2) is 8.42 Å². The fraction of sp³-hybridized carbons (Fsp3) is 0.143. The molecular formula is C21H19ClO3S. The van der Waals surface area contributed by atoms with E-state index < -0.39 is 9.84 Å². The number of benzene rings is 2. The minimum atomic E-state index is -3.41. The van der Waals surface area contributed by atoms with Crippen molar-refractivity contribution in [2.45, 2.75) is 17.7 Å². The van der Waals surface area contributed by atoms with Gasteiger partial charge in [0.15, 0.2) is 9.84 Å². The maximum atomic E-state index is 12.2. The molecule has 3 rings (SSSR count). The highest BCUT2D eigenvalue weighted by atomic mass is 35.5. The van der Waals surface area contributed by atoms with Crippen molar-refractivity contribution in [2.75, 3.05) is 6.26 Å².